The number of carbonyl (C=O) groups is 3. The Morgan fingerprint density at radius 2 is 1.80 bits per heavy atom. The Morgan fingerprint density at radius 1 is 1.07 bits per heavy atom. The number of nitrogens with zero attached hydrogens (tertiary/aromatic N) is 5. The van der Waals surface area contributed by atoms with E-state index in [0.717, 1.165) is 11.1 Å². The smallest absolute Gasteiger partial charge is 0.414 e. The highest BCUT2D eigenvalue weighted by molar-refractivity contribution is 6.31. The first-order valence-electron chi connectivity index (χ1n) is 16.2. The van der Waals surface area contributed by atoms with Gasteiger partial charge in [-0.1, -0.05) is 17.7 Å². The first kappa shape index (κ1) is 34.1. The average Bonchev–Trinajstić information content (AvgIpc) is 3.53. The molecule has 0 radical (unpaired) electrons. The zero-order valence-corrected chi connectivity index (χ0v) is 28.0. The average molecular weight is 656 g/mol. The van der Waals surface area contributed by atoms with Crippen LogP contribution in [0.4, 0.5) is 10.5 Å². The molecule has 4 heterocycles. The van der Waals surface area contributed by atoms with Gasteiger partial charge in [0, 0.05) is 99.9 Å². The molecular formula is C34H46ClN5O6. The molecule has 3 aliphatic rings. The van der Waals surface area contributed by atoms with E-state index in [1.54, 1.807) is 33.9 Å². The Kier molecular flexibility index (Phi) is 10.6. The van der Waals surface area contributed by atoms with Gasteiger partial charge < -0.3 is 24.7 Å². The molecule has 1 aromatic heterocycles. The lowest BCUT2D eigenvalue weighted by Gasteiger charge is -2.36. The number of benzene rings is 1. The number of fused-ring (bicyclic) bond motifs is 1. The number of hydrogen-bond acceptors (Lipinski definition) is 8. The van der Waals surface area contributed by atoms with Gasteiger partial charge in [-0.2, -0.15) is 0 Å². The quantitative estimate of drug-likeness (QED) is 0.421. The zero-order chi connectivity index (χ0) is 33.2. The summed E-state index contributed by atoms with van der Waals surface area (Å²) in [6.07, 6.45) is 2.72. The summed E-state index contributed by atoms with van der Waals surface area (Å²) in [7, 11) is 0. The molecule has 2 aromatic rings. The van der Waals surface area contributed by atoms with Crippen LogP contribution in [0.5, 0.6) is 0 Å². The summed E-state index contributed by atoms with van der Waals surface area (Å²) in [4.78, 5) is 50.5. The number of rotatable bonds is 9. The summed E-state index contributed by atoms with van der Waals surface area (Å²) in [6.45, 7) is 10.4. The van der Waals surface area contributed by atoms with Crippen LogP contribution in [0.15, 0.2) is 30.5 Å². The van der Waals surface area contributed by atoms with Crippen LogP contribution in [0.3, 0.4) is 0 Å². The Bertz CT molecular complexity index is 1430. The Labute approximate surface area is 276 Å². The standard InChI is InChI=1S/C34H46ClN5O6/c1-22-6-7-27(16-29(22)35)40(33(45)46-28-9-14-37(15-10-28)25(4)43)13-5-12-38-17-26-18-39(20-34(26,21-42)30(38)19-41)32(44)31-23(2)8-11-36-24(31)3/h6-8,11,16,26,28,30,41-42H,5,9-10,12-15,17-21H2,1-4H3. The number of ether oxygens (including phenoxy) is 1. The normalized spacial score (nSPS) is 23.5. The van der Waals surface area contributed by atoms with Crippen molar-refractivity contribution < 1.29 is 29.3 Å². The van der Waals surface area contributed by atoms with Crippen LogP contribution in [-0.2, 0) is 9.53 Å². The van der Waals surface area contributed by atoms with Gasteiger partial charge in [-0.3, -0.25) is 24.4 Å². The molecule has 0 saturated carbocycles. The van der Waals surface area contributed by atoms with E-state index in [0.29, 0.717) is 87.0 Å². The number of aliphatic hydroxyl groups is 2. The summed E-state index contributed by atoms with van der Waals surface area (Å²) >= 11 is 6.44. The van der Waals surface area contributed by atoms with Gasteiger partial charge in [0.2, 0.25) is 5.91 Å². The van der Waals surface area contributed by atoms with E-state index in [9.17, 15) is 24.6 Å². The lowest BCUT2D eigenvalue weighted by molar-refractivity contribution is -0.130. The summed E-state index contributed by atoms with van der Waals surface area (Å²) in [5.41, 5.74) is 3.04. The minimum atomic E-state index is -0.647. The molecule has 2 N–H and O–H groups in total. The SMILES string of the molecule is CC(=O)N1CCC(OC(=O)N(CCCN2CC3CN(C(=O)c4c(C)ccnc4C)CC3(CO)C2CO)c2ccc(C)c(Cl)c2)CC1. The number of hydrogen-bond donors (Lipinski definition) is 2. The number of likely N-dealkylation sites (tertiary alicyclic amines) is 3. The number of amides is 3. The second-order valence-corrected chi connectivity index (χ2v) is 13.5. The number of halogens is 1. The van der Waals surface area contributed by atoms with Gasteiger partial charge in [0.15, 0.2) is 0 Å². The van der Waals surface area contributed by atoms with Crippen molar-refractivity contribution in [2.45, 2.75) is 59.1 Å². The van der Waals surface area contributed by atoms with E-state index >= 15 is 0 Å². The van der Waals surface area contributed by atoms with Crippen molar-refractivity contribution in [3.63, 3.8) is 0 Å². The molecule has 0 aliphatic carbocycles. The third-order valence-corrected chi connectivity index (χ3v) is 10.7. The van der Waals surface area contributed by atoms with Gasteiger partial charge in [0.25, 0.3) is 5.91 Å². The fourth-order valence-electron chi connectivity index (χ4n) is 7.55. The highest BCUT2D eigenvalue weighted by Crippen LogP contribution is 2.47. The molecule has 3 unspecified atom stereocenters. The molecule has 5 rings (SSSR count). The number of piperidine rings is 1. The van der Waals surface area contributed by atoms with Gasteiger partial charge in [0.1, 0.15) is 6.10 Å². The molecule has 250 valence electrons. The van der Waals surface area contributed by atoms with Crippen molar-refractivity contribution in [2.75, 3.05) is 63.9 Å². The Hall–Kier alpha value is -3.25. The van der Waals surface area contributed by atoms with Crippen LogP contribution in [0, 0.1) is 32.1 Å². The topological polar surface area (TPSA) is 127 Å². The van der Waals surface area contributed by atoms with Gasteiger partial charge >= 0.3 is 6.09 Å². The van der Waals surface area contributed by atoms with E-state index in [-0.39, 0.29) is 43.1 Å². The monoisotopic (exact) mass is 655 g/mol. The first-order valence-corrected chi connectivity index (χ1v) is 16.5. The number of aliphatic hydroxyl groups excluding tert-OH is 2. The number of anilines is 1. The minimum Gasteiger partial charge on any atom is -0.446 e. The van der Waals surface area contributed by atoms with Crippen LogP contribution in [0.25, 0.3) is 0 Å². The van der Waals surface area contributed by atoms with E-state index in [1.807, 2.05) is 39.0 Å². The number of aromatic nitrogens is 1. The molecule has 0 spiro atoms. The molecule has 0 bridgehead atoms. The molecule has 46 heavy (non-hydrogen) atoms. The summed E-state index contributed by atoms with van der Waals surface area (Å²) in [5.74, 6) is -0.0749. The third-order valence-electron chi connectivity index (χ3n) is 10.3. The van der Waals surface area contributed by atoms with E-state index in [2.05, 4.69) is 9.88 Å². The molecule has 3 atom stereocenters. The molecule has 12 heteroatoms. The van der Waals surface area contributed by atoms with Crippen molar-refractivity contribution in [1.82, 2.24) is 19.7 Å². The van der Waals surface area contributed by atoms with Crippen molar-refractivity contribution in [1.29, 1.82) is 0 Å². The highest BCUT2D eigenvalue weighted by Gasteiger charge is 2.58. The second-order valence-electron chi connectivity index (χ2n) is 13.1. The predicted octanol–water partition coefficient (Wildman–Crippen LogP) is 3.43. The van der Waals surface area contributed by atoms with Crippen LogP contribution < -0.4 is 4.90 Å². The van der Waals surface area contributed by atoms with E-state index in [4.69, 9.17) is 16.3 Å². The predicted molar refractivity (Wildman–Crippen MR) is 175 cm³/mol. The molecule has 3 saturated heterocycles. The first-order chi connectivity index (χ1) is 22.0. The van der Waals surface area contributed by atoms with Crippen LogP contribution in [-0.4, -0.2) is 119 Å². The molecule has 11 nitrogen and oxygen atoms in total. The lowest BCUT2D eigenvalue weighted by atomic mass is 9.76. The van der Waals surface area contributed by atoms with E-state index in [1.165, 1.54) is 0 Å². The number of pyridine rings is 1. The van der Waals surface area contributed by atoms with E-state index < -0.39 is 11.5 Å². The number of carbonyl (C=O) groups excluding carboxylic acids is 3. The fraction of sp³-hybridized carbons (Fsp3) is 0.588. The molecule has 1 aromatic carbocycles. The van der Waals surface area contributed by atoms with Crippen molar-refractivity contribution in [3.05, 3.63) is 57.9 Å². The molecular weight excluding hydrogens is 610 g/mol. The van der Waals surface area contributed by atoms with Crippen LogP contribution in [0.2, 0.25) is 5.02 Å². The van der Waals surface area contributed by atoms with Gasteiger partial charge in [-0.25, -0.2) is 4.79 Å². The van der Waals surface area contributed by atoms with Crippen LogP contribution >= 0.6 is 11.6 Å². The van der Waals surface area contributed by atoms with Gasteiger partial charge in [-0.05, 0) is 56.5 Å². The van der Waals surface area contributed by atoms with Gasteiger partial charge in [-0.15, -0.1) is 0 Å². The highest BCUT2D eigenvalue weighted by atomic mass is 35.5. The van der Waals surface area contributed by atoms with Crippen molar-refractivity contribution in [3.8, 4) is 0 Å². The second kappa shape index (κ2) is 14.3. The molecule has 3 fully saturated rings. The maximum Gasteiger partial charge on any atom is 0.414 e. The Morgan fingerprint density at radius 3 is 2.43 bits per heavy atom. The fourth-order valence-corrected chi connectivity index (χ4v) is 7.72. The molecule has 3 aliphatic heterocycles. The minimum absolute atomic E-state index is 0.00581. The summed E-state index contributed by atoms with van der Waals surface area (Å²) in [6, 6.07) is 7.00. The Balaban J connectivity index is 1.25. The van der Waals surface area contributed by atoms with Crippen LogP contribution in [0.1, 0.15) is 53.4 Å². The lowest BCUT2D eigenvalue weighted by Crippen LogP contribution is -2.49. The summed E-state index contributed by atoms with van der Waals surface area (Å²) < 4.78 is 5.93. The zero-order valence-electron chi connectivity index (χ0n) is 27.2. The maximum absolute atomic E-state index is 13.6. The van der Waals surface area contributed by atoms with Crippen molar-refractivity contribution in [2.24, 2.45) is 11.3 Å². The maximum atomic E-state index is 13.6. The van der Waals surface area contributed by atoms with Gasteiger partial charge in [0.05, 0.1) is 24.5 Å². The molecule has 3 amide bonds. The largest absolute Gasteiger partial charge is 0.446 e. The number of aryl methyl sites for hydroxylation is 3. The summed E-state index contributed by atoms with van der Waals surface area (Å²) in [5, 5.41) is 21.9. The third kappa shape index (κ3) is 6.74. The van der Waals surface area contributed by atoms with Crippen molar-refractivity contribution >= 4 is 35.2 Å².